The molecule has 0 saturated carbocycles. The highest BCUT2D eigenvalue weighted by Gasteiger charge is 2.17. The summed E-state index contributed by atoms with van der Waals surface area (Å²) in [4.78, 5) is 11.8. The van der Waals surface area contributed by atoms with Crippen LogP contribution in [0.2, 0.25) is 0 Å². The van der Waals surface area contributed by atoms with Crippen molar-refractivity contribution in [3.63, 3.8) is 0 Å². The van der Waals surface area contributed by atoms with Crippen LogP contribution in [0.25, 0.3) is 0 Å². The fourth-order valence-corrected chi connectivity index (χ4v) is 3.96. The highest BCUT2D eigenvalue weighted by molar-refractivity contribution is 9.10. The van der Waals surface area contributed by atoms with Crippen molar-refractivity contribution < 1.29 is 22.3 Å². The SMILES string of the molecule is O=C(CS(=O)(=O)Cc1cccc(Br)c1)NCCCOc1ccccc1F. The first-order valence-electron chi connectivity index (χ1n) is 7.94. The van der Waals surface area contributed by atoms with Gasteiger partial charge in [0, 0.05) is 11.0 Å². The van der Waals surface area contributed by atoms with Crippen LogP contribution in [-0.4, -0.2) is 33.2 Å². The lowest BCUT2D eigenvalue weighted by Crippen LogP contribution is -2.32. The number of rotatable bonds is 9. The second-order valence-corrected chi connectivity index (χ2v) is 8.62. The van der Waals surface area contributed by atoms with E-state index in [1.165, 1.54) is 12.1 Å². The quantitative estimate of drug-likeness (QED) is 0.604. The first kappa shape index (κ1) is 20.4. The van der Waals surface area contributed by atoms with Gasteiger partial charge in [-0.15, -0.1) is 0 Å². The van der Waals surface area contributed by atoms with Crippen LogP contribution in [0.3, 0.4) is 0 Å². The van der Waals surface area contributed by atoms with Gasteiger partial charge < -0.3 is 10.1 Å². The highest BCUT2D eigenvalue weighted by atomic mass is 79.9. The Kier molecular flexibility index (Phi) is 7.59. The number of ether oxygens (including phenoxy) is 1. The van der Waals surface area contributed by atoms with Crippen molar-refractivity contribution in [2.75, 3.05) is 18.9 Å². The van der Waals surface area contributed by atoms with Crippen LogP contribution < -0.4 is 10.1 Å². The molecule has 0 aliphatic rings. The van der Waals surface area contributed by atoms with Gasteiger partial charge in [-0.3, -0.25) is 4.79 Å². The van der Waals surface area contributed by atoms with E-state index in [1.54, 1.807) is 36.4 Å². The molecule has 2 aromatic carbocycles. The maximum atomic E-state index is 13.4. The van der Waals surface area contributed by atoms with Gasteiger partial charge in [-0.05, 0) is 36.2 Å². The zero-order valence-electron chi connectivity index (χ0n) is 14.0. The number of hydrogen-bond acceptors (Lipinski definition) is 4. The van der Waals surface area contributed by atoms with Gasteiger partial charge in [-0.25, -0.2) is 12.8 Å². The minimum absolute atomic E-state index is 0.149. The van der Waals surface area contributed by atoms with Crippen LogP contribution in [0.4, 0.5) is 4.39 Å². The zero-order valence-corrected chi connectivity index (χ0v) is 16.4. The summed E-state index contributed by atoms with van der Waals surface area (Å²) >= 11 is 3.28. The molecule has 5 nitrogen and oxygen atoms in total. The molecule has 0 aromatic heterocycles. The number of sulfone groups is 1. The zero-order chi connectivity index (χ0) is 19.0. The molecule has 0 aliphatic carbocycles. The molecule has 140 valence electrons. The van der Waals surface area contributed by atoms with E-state index in [0.29, 0.717) is 12.0 Å². The molecule has 26 heavy (non-hydrogen) atoms. The average Bonchev–Trinajstić information content (AvgIpc) is 2.55. The molecule has 8 heteroatoms. The Labute approximate surface area is 160 Å². The van der Waals surface area contributed by atoms with Gasteiger partial charge in [0.25, 0.3) is 0 Å². The number of para-hydroxylation sites is 1. The van der Waals surface area contributed by atoms with Gasteiger partial charge in [0.1, 0.15) is 5.75 Å². The Morgan fingerprint density at radius 2 is 1.92 bits per heavy atom. The molecular formula is C18H19BrFNO4S. The summed E-state index contributed by atoms with van der Waals surface area (Å²) in [6.07, 6.45) is 0.436. The van der Waals surface area contributed by atoms with Crippen molar-refractivity contribution in [3.05, 3.63) is 64.4 Å². The number of amides is 1. The minimum Gasteiger partial charge on any atom is -0.490 e. The minimum atomic E-state index is -3.56. The number of hydrogen-bond donors (Lipinski definition) is 1. The first-order valence-corrected chi connectivity index (χ1v) is 10.6. The number of carbonyl (C=O) groups excluding carboxylic acids is 1. The van der Waals surface area contributed by atoms with E-state index in [2.05, 4.69) is 21.2 Å². The van der Waals surface area contributed by atoms with Crippen molar-refractivity contribution in [2.24, 2.45) is 0 Å². The summed E-state index contributed by atoms with van der Waals surface area (Å²) in [5.74, 6) is -1.64. The largest absolute Gasteiger partial charge is 0.490 e. The summed E-state index contributed by atoms with van der Waals surface area (Å²) in [5.41, 5.74) is 0.616. The molecule has 0 atom stereocenters. The molecule has 1 amide bonds. The van der Waals surface area contributed by atoms with Gasteiger partial charge in [0.2, 0.25) is 5.91 Å². The standard InChI is InChI=1S/C18H19BrFNO4S/c19-15-6-3-5-14(11-15)12-26(23,24)13-18(22)21-9-4-10-25-17-8-2-1-7-16(17)20/h1-3,5-8,11H,4,9-10,12-13H2,(H,21,22). The van der Waals surface area contributed by atoms with E-state index in [4.69, 9.17) is 4.74 Å². The second-order valence-electron chi connectivity index (χ2n) is 5.64. The van der Waals surface area contributed by atoms with Gasteiger partial charge in [-0.1, -0.05) is 40.2 Å². The summed E-state index contributed by atoms with van der Waals surface area (Å²) in [5, 5.41) is 2.54. The molecule has 2 aromatic rings. The molecule has 0 bridgehead atoms. The fourth-order valence-electron chi connectivity index (χ4n) is 2.23. The third-order valence-electron chi connectivity index (χ3n) is 3.36. The fraction of sp³-hybridized carbons (Fsp3) is 0.278. The maximum absolute atomic E-state index is 13.4. The van der Waals surface area contributed by atoms with Crippen molar-refractivity contribution in [2.45, 2.75) is 12.2 Å². The van der Waals surface area contributed by atoms with E-state index in [0.717, 1.165) is 4.47 Å². The Morgan fingerprint density at radius 1 is 1.15 bits per heavy atom. The first-order chi connectivity index (χ1) is 12.4. The number of halogens is 2. The molecule has 0 saturated heterocycles. The molecule has 0 radical (unpaired) electrons. The lowest BCUT2D eigenvalue weighted by atomic mass is 10.2. The third-order valence-corrected chi connectivity index (χ3v) is 5.33. The average molecular weight is 444 g/mol. The van der Waals surface area contributed by atoms with Crippen LogP contribution in [0.15, 0.2) is 53.0 Å². The number of carbonyl (C=O) groups is 1. The molecule has 0 aliphatic heterocycles. The van der Waals surface area contributed by atoms with Crippen LogP contribution in [-0.2, 0) is 20.4 Å². The monoisotopic (exact) mass is 443 g/mol. The van der Waals surface area contributed by atoms with Crippen LogP contribution >= 0.6 is 15.9 Å². The molecule has 0 unspecified atom stereocenters. The normalized spacial score (nSPS) is 11.2. The van der Waals surface area contributed by atoms with Crippen molar-refractivity contribution in [1.29, 1.82) is 0 Å². The highest BCUT2D eigenvalue weighted by Crippen LogP contribution is 2.15. The molecule has 1 N–H and O–H groups in total. The van der Waals surface area contributed by atoms with Crippen LogP contribution in [0, 0.1) is 5.82 Å². The van der Waals surface area contributed by atoms with Gasteiger partial charge in [-0.2, -0.15) is 0 Å². The molecule has 0 spiro atoms. The summed E-state index contributed by atoms with van der Waals surface area (Å²) < 4.78 is 43.6. The second kappa shape index (κ2) is 9.68. The topological polar surface area (TPSA) is 72.5 Å². The summed E-state index contributed by atoms with van der Waals surface area (Å²) in [6.45, 7) is 0.464. The van der Waals surface area contributed by atoms with Crippen molar-refractivity contribution in [1.82, 2.24) is 5.32 Å². The maximum Gasteiger partial charge on any atom is 0.235 e. The van der Waals surface area contributed by atoms with E-state index in [-0.39, 0.29) is 24.7 Å². The lowest BCUT2D eigenvalue weighted by Gasteiger charge is -2.08. The van der Waals surface area contributed by atoms with Gasteiger partial charge >= 0.3 is 0 Å². The van der Waals surface area contributed by atoms with Crippen LogP contribution in [0.1, 0.15) is 12.0 Å². The Morgan fingerprint density at radius 3 is 2.65 bits per heavy atom. The lowest BCUT2D eigenvalue weighted by molar-refractivity contribution is -0.118. The summed E-state index contributed by atoms with van der Waals surface area (Å²) in [6, 6.07) is 13.0. The van der Waals surface area contributed by atoms with Crippen LogP contribution in [0.5, 0.6) is 5.75 Å². The summed E-state index contributed by atoms with van der Waals surface area (Å²) in [7, 11) is -3.56. The van der Waals surface area contributed by atoms with E-state index >= 15 is 0 Å². The predicted octanol–water partition coefficient (Wildman–Crippen LogP) is 3.09. The molecule has 2 rings (SSSR count). The Balaban J connectivity index is 1.70. The third kappa shape index (κ3) is 7.13. The van der Waals surface area contributed by atoms with E-state index < -0.39 is 27.3 Å². The molecule has 0 heterocycles. The van der Waals surface area contributed by atoms with Gasteiger partial charge in [0.15, 0.2) is 21.4 Å². The Hall–Kier alpha value is -1.93. The van der Waals surface area contributed by atoms with Crippen molar-refractivity contribution in [3.8, 4) is 5.75 Å². The van der Waals surface area contributed by atoms with Crippen molar-refractivity contribution >= 4 is 31.7 Å². The van der Waals surface area contributed by atoms with E-state index in [1.807, 2.05) is 0 Å². The Bertz CT molecular complexity index is 858. The van der Waals surface area contributed by atoms with Gasteiger partial charge in [0.05, 0.1) is 12.4 Å². The molecular weight excluding hydrogens is 425 g/mol. The smallest absolute Gasteiger partial charge is 0.235 e. The van der Waals surface area contributed by atoms with E-state index in [9.17, 15) is 17.6 Å². The molecule has 0 fully saturated rings. The number of nitrogens with one attached hydrogen (secondary N) is 1. The number of benzene rings is 2. The predicted molar refractivity (Wildman–Crippen MR) is 101 cm³/mol.